The average molecular weight is 447 g/mol. The quantitative estimate of drug-likeness (QED) is 0.535. The Hall–Kier alpha value is -3.65. The minimum atomic E-state index is 0.0777. The van der Waals surface area contributed by atoms with Gasteiger partial charge in [0, 0.05) is 48.4 Å². The van der Waals surface area contributed by atoms with Gasteiger partial charge in [-0.2, -0.15) is 0 Å². The average Bonchev–Trinajstić information content (AvgIpc) is 3.28. The van der Waals surface area contributed by atoms with Crippen LogP contribution in [0.4, 0.5) is 11.6 Å². The molecule has 3 heterocycles. The van der Waals surface area contributed by atoms with Gasteiger partial charge in [-0.05, 0) is 48.4 Å². The van der Waals surface area contributed by atoms with Gasteiger partial charge in [-0.1, -0.05) is 0 Å². The molecule has 2 aliphatic rings. The summed E-state index contributed by atoms with van der Waals surface area (Å²) in [5, 5.41) is 9.17. The first-order valence-electron chi connectivity index (χ1n) is 11.0. The topological polar surface area (TPSA) is 112 Å². The normalized spacial score (nSPS) is 16.4. The lowest BCUT2D eigenvalue weighted by molar-refractivity contribution is 0.233. The highest BCUT2D eigenvalue weighted by atomic mass is 16.5. The van der Waals surface area contributed by atoms with Gasteiger partial charge in [0.1, 0.15) is 17.2 Å². The fraction of sp³-hybridized carbons (Fsp3) is 0.320. The van der Waals surface area contributed by atoms with Crippen molar-refractivity contribution in [3.8, 4) is 28.5 Å². The number of aliphatic hydroxyl groups excluding tert-OH is 1. The highest BCUT2D eigenvalue weighted by Gasteiger charge is 2.30. The molecular weight excluding hydrogens is 420 g/mol. The molecular formula is C25H26N4O4. The van der Waals surface area contributed by atoms with Crippen LogP contribution in [0, 0.1) is 5.92 Å². The molecule has 0 saturated heterocycles. The van der Waals surface area contributed by atoms with Gasteiger partial charge in [0.15, 0.2) is 0 Å². The molecule has 2 aromatic carbocycles. The Kier molecular flexibility index (Phi) is 5.83. The summed E-state index contributed by atoms with van der Waals surface area (Å²) >= 11 is 0. The number of hydrogen-bond acceptors (Lipinski definition) is 8. The molecule has 170 valence electrons. The lowest BCUT2D eigenvalue weighted by Crippen LogP contribution is -2.28. The van der Waals surface area contributed by atoms with Crippen molar-refractivity contribution in [1.82, 2.24) is 9.97 Å². The van der Waals surface area contributed by atoms with E-state index in [0.29, 0.717) is 31.7 Å². The second-order valence-corrected chi connectivity index (χ2v) is 8.16. The summed E-state index contributed by atoms with van der Waals surface area (Å²) in [6.45, 7) is 1.09. The zero-order chi connectivity index (χ0) is 22.8. The third-order valence-electron chi connectivity index (χ3n) is 5.98. The number of fused-ring (bicyclic) bond motifs is 2. The maximum absolute atomic E-state index is 9.17. The van der Waals surface area contributed by atoms with Crippen molar-refractivity contribution in [3.63, 3.8) is 0 Å². The number of nitrogen functional groups attached to an aromatic ring is 1. The maximum Gasteiger partial charge on any atom is 0.220 e. The number of rotatable bonds is 7. The summed E-state index contributed by atoms with van der Waals surface area (Å²) in [6, 6.07) is 11.7. The molecule has 2 aliphatic heterocycles. The van der Waals surface area contributed by atoms with E-state index in [9.17, 15) is 5.11 Å². The highest BCUT2D eigenvalue weighted by molar-refractivity contribution is 5.98. The van der Waals surface area contributed by atoms with Crippen molar-refractivity contribution in [1.29, 1.82) is 0 Å². The molecule has 1 atom stereocenters. The lowest BCUT2D eigenvalue weighted by atomic mass is 9.90. The van der Waals surface area contributed by atoms with Crippen LogP contribution < -0.4 is 19.9 Å². The van der Waals surface area contributed by atoms with Gasteiger partial charge in [-0.3, -0.25) is 4.99 Å². The van der Waals surface area contributed by atoms with Crippen molar-refractivity contribution < 1.29 is 19.3 Å². The molecule has 33 heavy (non-hydrogen) atoms. The van der Waals surface area contributed by atoms with Crippen LogP contribution in [0.2, 0.25) is 0 Å². The standard InChI is InChI=1S/C25H26N4O4/c1-31-18-3-4-23-16(10-18)9-17(14-33-23)21-13-19-22(28-21)11-15(12-24(19)32-8-2-7-30)20-5-6-27-25(26)29-20/h3-6,10-12,17,30H,2,7-9,13-14H2,1H3,(H2,26,27,29). The van der Waals surface area contributed by atoms with E-state index in [0.717, 1.165) is 51.8 Å². The molecule has 0 aliphatic carbocycles. The second kappa shape index (κ2) is 9.07. The summed E-state index contributed by atoms with van der Waals surface area (Å²) < 4.78 is 17.5. The molecule has 0 bridgehead atoms. The molecule has 0 amide bonds. The Labute approximate surface area is 192 Å². The third kappa shape index (κ3) is 4.34. The van der Waals surface area contributed by atoms with Gasteiger partial charge < -0.3 is 25.1 Å². The summed E-state index contributed by atoms with van der Waals surface area (Å²) in [4.78, 5) is 13.3. The first-order valence-corrected chi connectivity index (χ1v) is 11.0. The number of aromatic nitrogens is 2. The Morgan fingerprint density at radius 1 is 1.21 bits per heavy atom. The van der Waals surface area contributed by atoms with E-state index in [1.54, 1.807) is 13.3 Å². The molecule has 8 heteroatoms. The predicted molar refractivity (Wildman–Crippen MR) is 126 cm³/mol. The summed E-state index contributed by atoms with van der Waals surface area (Å²) in [5.41, 5.74) is 11.5. The van der Waals surface area contributed by atoms with E-state index in [-0.39, 0.29) is 18.5 Å². The summed E-state index contributed by atoms with van der Waals surface area (Å²) in [6.07, 6.45) is 3.73. The van der Waals surface area contributed by atoms with Gasteiger partial charge in [-0.15, -0.1) is 0 Å². The zero-order valence-corrected chi connectivity index (χ0v) is 18.5. The molecule has 1 aromatic heterocycles. The van der Waals surface area contributed by atoms with Gasteiger partial charge >= 0.3 is 0 Å². The first-order chi connectivity index (χ1) is 16.1. The van der Waals surface area contributed by atoms with Crippen LogP contribution >= 0.6 is 0 Å². The largest absolute Gasteiger partial charge is 0.497 e. The van der Waals surface area contributed by atoms with Crippen LogP contribution in [0.1, 0.15) is 17.5 Å². The van der Waals surface area contributed by atoms with Crippen molar-refractivity contribution in [2.24, 2.45) is 10.9 Å². The predicted octanol–water partition coefficient (Wildman–Crippen LogP) is 3.38. The van der Waals surface area contributed by atoms with Crippen LogP contribution in [0.15, 0.2) is 47.6 Å². The van der Waals surface area contributed by atoms with Crippen LogP contribution in [-0.4, -0.2) is 47.7 Å². The van der Waals surface area contributed by atoms with E-state index in [4.69, 9.17) is 24.9 Å². The number of methoxy groups -OCH3 is 1. The van der Waals surface area contributed by atoms with Crippen LogP contribution in [0.3, 0.4) is 0 Å². The highest BCUT2D eigenvalue weighted by Crippen LogP contribution is 2.41. The third-order valence-corrected chi connectivity index (χ3v) is 5.98. The number of nitrogens with zero attached hydrogens (tertiary/aromatic N) is 3. The van der Waals surface area contributed by atoms with Crippen molar-refractivity contribution in [2.45, 2.75) is 19.3 Å². The Bertz CT molecular complexity index is 1210. The molecule has 3 aromatic rings. The van der Waals surface area contributed by atoms with Crippen LogP contribution in [0.5, 0.6) is 17.2 Å². The lowest BCUT2D eigenvalue weighted by Gasteiger charge is -2.25. The maximum atomic E-state index is 9.17. The number of ether oxygens (including phenoxy) is 3. The monoisotopic (exact) mass is 446 g/mol. The molecule has 8 nitrogen and oxygen atoms in total. The number of benzene rings is 2. The number of aliphatic hydroxyl groups is 1. The van der Waals surface area contributed by atoms with Gasteiger partial charge in [-0.25, -0.2) is 9.97 Å². The summed E-state index contributed by atoms with van der Waals surface area (Å²) in [7, 11) is 1.67. The Balaban J connectivity index is 1.46. The molecule has 0 spiro atoms. The second-order valence-electron chi connectivity index (χ2n) is 8.16. The molecule has 0 fully saturated rings. The smallest absolute Gasteiger partial charge is 0.220 e. The van der Waals surface area contributed by atoms with E-state index in [1.807, 2.05) is 36.4 Å². The molecule has 3 N–H and O–H groups in total. The number of nitrogens with two attached hydrogens (primary N) is 1. The molecule has 1 unspecified atom stereocenters. The molecule has 0 saturated carbocycles. The zero-order valence-electron chi connectivity index (χ0n) is 18.5. The SMILES string of the molecule is COc1ccc2c(c1)CC(C1=Nc3cc(-c4ccnc(N)n4)cc(OCCCO)c3C1)CO2. The van der Waals surface area contributed by atoms with E-state index >= 15 is 0 Å². The Morgan fingerprint density at radius 2 is 2.12 bits per heavy atom. The van der Waals surface area contributed by atoms with Crippen LogP contribution in [0.25, 0.3) is 11.3 Å². The number of aliphatic imine (C=N–C) groups is 1. The van der Waals surface area contributed by atoms with E-state index in [1.165, 1.54) is 0 Å². The van der Waals surface area contributed by atoms with Crippen molar-refractivity contribution in [3.05, 3.63) is 53.7 Å². The van der Waals surface area contributed by atoms with Crippen molar-refractivity contribution in [2.75, 3.05) is 32.7 Å². The fourth-order valence-corrected chi connectivity index (χ4v) is 4.29. The Morgan fingerprint density at radius 3 is 2.94 bits per heavy atom. The first kappa shape index (κ1) is 21.2. The molecule has 0 radical (unpaired) electrons. The van der Waals surface area contributed by atoms with Gasteiger partial charge in [0.25, 0.3) is 0 Å². The number of anilines is 1. The van der Waals surface area contributed by atoms with E-state index in [2.05, 4.69) is 9.97 Å². The summed E-state index contributed by atoms with van der Waals surface area (Å²) in [5.74, 6) is 2.86. The molecule has 5 rings (SSSR count). The van der Waals surface area contributed by atoms with E-state index < -0.39 is 0 Å². The van der Waals surface area contributed by atoms with Gasteiger partial charge in [0.05, 0.1) is 31.7 Å². The van der Waals surface area contributed by atoms with Crippen molar-refractivity contribution >= 4 is 17.3 Å². The minimum Gasteiger partial charge on any atom is -0.497 e. The number of hydrogen-bond donors (Lipinski definition) is 2. The van der Waals surface area contributed by atoms with Gasteiger partial charge in [0.2, 0.25) is 5.95 Å². The fourth-order valence-electron chi connectivity index (χ4n) is 4.29. The van der Waals surface area contributed by atoms with Crippen LogP contribution in [-0.2, 0) is 12.8 Å². The minimum absolute atomic E-state index is 0.0777.